The number of carbonyl (C=O) groups is 8. The van der Waals surface area contributed by atoms with Gasteiger partial charge in [0.25, 0.3) is 0 Å². The summed E-state index contributed by atoms with van der Waals surface area (Å²) in [5.41, 5.74) is -7.54. The van der Waals surface area contributed by atoms with E-state index in [2.05, 4.69) is 4.74 Å². The highest BCUT2D eigenvalue weighted by atomic mass is 35.5. The highest BCUT2D eigenvalue weighted by Gasteiger charge is 2.58. The molecule has 0 saturated carbocycles. The number of hydrogen-bond donors (Lipinski definition) is 6. The average Bonchev–Trinajstić information content (AvgIpc) is 2.51. The third kappa shape index (κ3) is 6.42. The number of rotatable bonds is 12. The molecule has 0 saturated heterocycles. The summed E-state index contributed by atoms with van der Waals surface area (Å²) < 4.78 is 3.93. The Kier molecular flexibility index (Phi) is 9.21. The molecule has 0 spiro atoms. The molecule has 31 heavy (non-hydrogen) atoms. The van der Waals surface area contributed by atoms with Gasteiger partial charge in [0.05, 0.1) is 12.8 Å². The Balaban J connectivity index is 6.25. The number of carboxylic acids is 4. The van der Waals surface area contributed by atoms with Crippen LogP contribution in [0, 0.1) is 11.8 Å². The molecule has 4 unspecified atom stereocenters. The number of ether oxygens (including phenoxy) is 1. The van der Waals surface area contributed by atoms with Crippen molar-refractivity contribution in [2.75, 3.05) is 0 Å². The first-order valence-corrected chi connectivity index (χ1v) is 8.16. The van der Waals surface area contributed by atoms with Crippen molar-refractivity contribution in [3.63, 3.8) is 0 Å². The minimum Gasteiger partial charge on any atom is -0.481 e. The first-order valence-electron chi connectivity index (χ1n) is 7.41. The van der Waals surface area contributed by atoms with E-state index in [0.29, 0.717) is 0 Å². The van der Waals surface area contributed by atoms with Crippen molar-refractivity contribution in [1.29, 1.82) is 0 Å². The van der Waals surface area contributed by atoms with Crippen LogP contribution >= 0.6 is 23.2 Å². The number of hydrogen-bond acceptors (Lipinski definition) is 11. The fraction of sp³-hybridized carbons (Fsp3) is 0.429. The molecule has 0 rings (SSSR count). The van der Waals surface area contributed by atoms with Crippen LogP contribution in [0.2, 0.25) is 0 Å². The monoisotopic (exact) mass is 490 g/mol. The van der Waals surface area contributed by atoms with Crippen LogP contribution < -0.4 is 0 Å². The van der Waals surface area contributed by atoms with Crippen LogP contribution in [-0.4, -0.2) is 88.1 Å². The Hall–Kier alpha value is -3.14. The Bertz CT molecular complexity index is 783. The molecule has 0 amide bonds. The molecule has 0 heterocycles. The zero-order valence-electron chi connectivity index (χ0n) is 14.7. The number of carboxylic acid groups (broad SMARTS) is 4. The SMILES string of the molecule is O=C(O)CC(O)(C(=O)O)C(C(=O)Cl)C(=O)OC(=O)C(C(=O)Cl)C(O)(CC(=O)O)C(=O)O. The molecule has 6 N–H and O–H groups in total. The van der Waals surface area contributed by atoms with Crippen LogP contribution in [0.1, 0.15) is 12.8 Å². The van der Waals surface area contributed by atoms with Gasteiger partial charge in [0.15, 0.2) is 23.0 Å². The summed E-state index contributed by atoms with van der Waals surface area (Å²) >= 11 is 10.0. The van der Waals surface area contributed by atoms with Crippen LogP contribution in [0.4, 0.5) is 0 Å². The smallest absolute Gasteiger partial charge is 0.337 e. The van der Waals surface area contributed by atoms with Gasteiger partial charge in [-0.3, -0.25) is 28.8 Å². The van der Waals surface area contributed by atoms with E-state index in [4.69, 9.17) is 43.6 Å². The van der Waals surface area contributed by atoms with Crippen molar-refractivity contribution in [3.05, 3.63) is 0 Å². The van der Waals surface area contributed by atoms with E-state index in [1.54, 1.807) is 0 Å². The highest BCUT2D eigenvalue weighted by Crippen LogP contribution is 2.30. The van der Waals surface area contributed by atoms with Crippen LogP contribution in [0.25, 0.3) is 0 Å². The molecule has 0 aliphatic rings. The third-order valence-corrected chi connectivity index (χ3v) is 4.10. The molecule has 0 aromatic rings. The lowest BCUT2D eigenvalue weighted by Gasteiger charge is -2.29. The van der Waals surface area contributed by atoms with Crippen molar-refractivity contribution in [2.24, 2.45) is 11.8 Å². The van der Waals surface area contributed by atoms with E-state index in [-0.39, 0.29) is 0 Å². The van der Waals surface area contributed by atoms with Crippen LogP contribution in [0.3, 0.4) is 0 Å². The molecule has 0 bridgehead atoms. The van der Waals surface area contributed by atoms with Gasteiger partial charge in [0.2, 0.25) is 10.5 Å². The standard InChI is InChI=1S/C14H12Cl2O15/c15-7(21)5(13(29,11(25)26)1-3(17)18)9(23)31-10(24)6(8(16)22)14(30,12(27)28)2-4(19)20/h5-6,29-30H,1-2H2,(H,17,18)(H,19,20)(H,25,26)(H,27,28). The maximum absolute atomic E-state index is 12.1. The number of carbonyl (C=O) groups excluding carboxylic acids is 4. The maximum Gasteiger partial charge on any atom is 0.337 e. The number of aliphatic hydroxyl groups is 2. The summed E-state index contributed by atoms with van der Waals surface area (Å²) in [5, 5.41) is 51.3. The minimum atomic E-state index is -3.77. The fourth-order valence-electron chi connectivity index (χ4n) is 2.23. The zero-order valence-corrected chi connectivity index (χ0v) is 16.2. The Morgan fingerprint density at radius 1 is 0.645 bits per heavy atom. The first-order chi connectivity index (χ1) is 13.9. The lowest BCUT2D eigenvalue weighted by molar-refractivity contribution is -0.190. The number of esters is 2. The van der Waals surface area contributed by atoms with Crippen molar-refractivity contribution >= 4 is 69.5 Å². The molecule has 0 radical (unpaired) electrons. The Labute approximate surface area is 179 Å². The summed E-state index contributed by atoms with van der Waals surface area (Å²) in [7, 11) is 0. The van der Waals surface area contributed by atoms with E-state index in [1.807, 2.05) is 0 Å². The van der Waals surface area contributed by atoms with Crippen LogP contribution in [-0.2, 0) is 43.1 Å². The maximum atomic E-state index is 12.1. The lowest BCUT2D eigenvalue weighted by atomic mass is 9.84. The molecule has 172 valence electrons. The van der Waals surface area contributed by atoms with Gasteiger partial charge in [-0.2, -0.15) is 0 Å². The quantitative estimate of drug-likeness (QED) is 0.0928. The van der Waals surface area contributed by atoms with E-state index >= 15 is 0 Å². The summed E-state index contributed by atoms with van der Waals surface area (Å²) in [6.07, 6.45) is -3.63. The van der Waals surface area contributed by atoms with E-state index in [0.717, 1.165) is 0 Å². The summed E-state index contributed by atoms with van der Waals surface area (Å²) in [6, 6.07) is 0. The van der Waals surface area contributed by atoms with Gasteiger partial charge in [-0.25, -0.2) is 9.59 Å². The lowest BCUT2D eigenvalue weighted by Crippen LogP contribution is -2.56. The minimum absolute atomic E-state index is 1.81. The molecule has 0 aromatic carbocycles. The average molecular weight is 491 g/mol. The largest absolute Gasteiger partial charge is 0.481 e. The molecular formula is C14H12Cl2O15. The summed E-state index contributed by atoms with van der Waals surface area (Å²) in [6.45, 7) is 0. The fourth-order valence-corrected chi connectivity index (χ4v) is 2.77. The van der Waals surface area contributed by atoms with Crippen molar-refractivity contribution in [1.82, 2.24) is 0 Å². The molecule has 0 aromatic heterocycles. The van der Waals surface area contributed by atoms with Crippen molar-refractivity contribution in [3.8, 4) is 0 Å². The molecule has 17 heteroatoms. The normalized spacial score (nSPS) is 16.5. The molecule has 4 atom stereocenters. The number of aliphatic carboxylic acids is 4. The van der Waals surface area contributed by atoms with Gasteiger partial charge in [-0.05, 0) is 23.2 Å². The van der Waals surface area contributed by atoms with Crippen LogP contribution in [0.15, 0.2) is 0 Å². The Morgan fingerprint density at radius 3 is 1.06 bits per heavy atom. The predicted molar refractivity (Wildman–Crippen MR) is 89.5 cm³/mol. The van der Waals surface area contributed by atoms with Crippen molar-refractivity contribution in [2.45, 2.75) is 24.0 Å². The first kappa shape index (κ1) is 27.9. The highest BCUT2D eigenvalue weighted by molar-refractivity contribution is 6.66. The predicted octanol–water partition coefficient (Wildman–Crippen LogP) is -2.60. The van der Waals surface area contributed by atoms with Gasteiger partial charge in [0, 0.05) is 0 Å². The molecule has 15 nitrogen and oxygen atoms in total. The van der Waals surface area contributed by atoms with Gasteiger partial charge in [-0.1, -0.05) is 0 Å². The molecular weight excluding hydrogens is 479 g/mol. The third-order valence-electron chi connectivity index (χ3n) is 3.66. The second kappa shape index (κ2) is 10.3. The van der Waals surface area contributed by atoms with E-state index in [1.165, 1.54) is 0 Å². The van der Waals surface area contributed by atoms with Gasteiger partial charge in [0.1, 0.15) is 0 Å². The molecule has 0 aliphatic heterocycles. The van der Waals surface area contributed by atoms with Crippen LogP contribution in [0.5, 0.6) is 0 Å². The van der Waals surface area contributed by atoms with E-state index < -0.39 is 82.2 Å². The second-order valence-electron chi connectivity index (χ2n) is 5.81. The summed E-state index contributed by atoms with van der Waals surface area (Å²) in [5.74, 6) is -20.0. The number of halogens is 2. The second-order valence-corrected chi connectivity index (χ2v) is 6.56. The van der Waals surface area contributed by atoms with Gasteiger partial charge in [-0.15, -0.1) is 0 Å². The topological polar surface area (TPSA) is 267 Å². The van der Waals surface area contributed by atoms with Gasteiger partial charge < -0.3 is 35.4 Å². The Morgan fingerprint density at radius 2 is 0.903 bits per heavy atom. The molecule has 0 aliphatic carbocycles. The van der Waals surface area contributed by atoms with E-state index in [9.17, 15) is 48.6 Å². The molecule has 0 fully saturated rings. The summed E-state index contributed by atoms with van der Waals surface area (Å²) in [4.78, 5) is 91.2. The van der Waals surface area contributed by atoms with Crippen molar-refractivity contribution < 1.29 is 73.7 Å². The van der Waals surface area contributed by atoms with Gasteiger partial charge >= 0.3 is 35.8 Å². The zero-order chi connectivity index (χ0) is 24.9.